The molecule has 1 aromatic rings. The van der Waals surface area contributed by atoms with Crippen LogP contribution in [0.15, 0.2) is 18.2 Å². The Balaban J connectivity index is 2.09. The Kier molecular flexibility index (Phi) is 4.72. The molecule has 0 saturated carbocycles. The third-order valence-electron chi connectivity index (χ3n) is 3.13. The lowest BCUT2D eigenvalue weighted by Crippen LogP contribution is -2.52. The topological polar surface area (TPSA) is 12.5 Å². The fraction of sp³-hybridized carbons (Fsp3) is 0.571. The Morgan fingerprint density at radius 3 is 2.84 bits per heavy atom. The highest BCUT2D eigenvalue weighted by molar-refractivity contribution is 6.30. The number of nitrogens with zero attached hydrogens (tertiary/aromatic N) is 1. The molecule has 0 aliphatic carbocycles. The van der Waals surface area contributed by atoms with Crippen molar-refractivity contribution < 1.29 is 9.13 Å². The second kappa shape index (κ2) is 5.96. The second-order valence-corrected chi connectivity index (χ2v) is 6.30. The lowest BCUT2D eigenvalue weighted by molar-refractivity contribution is -0.129. The molecule has 1 aliphatic heterocycles. The van der Waals surface area contributed by atoms with Crippen molar-refractivity contribution in [2.24, 2.45) is 0 Å². The molecule has 1 heterocycles. The van der Waals surface area contributed by atoms with E-state index in [9.17, 15) is 4.39 Å². The largest absolute Gasteiger partial charge is 0.368 e. The summed E-state index contributed by atoms with van der Waals surface area (Å²) in [7, 11) is 0. The molecule has 0 aromatic heterocycles. The average Bonchev–Trinajstić information content (AvgIpc) is 2.31. The molecule has 0 bridgehead atoms. The summed E-state index contributed by atoms with van der Waals surface area (Å²) in [5.41, 5.74) is 0.385. The van der Waals surface area contributed by atoms with Crippen LogP contribution in [-0.2, 0) is 11.3 Å². The zero-order valence-corrected chi connectivity index (χ0v) is 12.6. The van der Waals surface area contributed by atoms with E-state index in [0.29, 0.717) is 23.0 Å². The molecule has 1 fully saturated rings. The van der Waals surface area contributed by atoms with E-state index in [1.165, 1.54) is 6.07 Å². The molecule has 1 saturated heterocycles. The van der Waals surface area contributed by atoms with Gasteiger partial charge in [-0.2, -0.15) is 0 Å². The van der Waals surface area contributed by atoms with Crippen LogP contribution < -0.4 is 0 Å². The van der Waals surface area contributed by atoms with Crippen molar-refractivity contribution in [1.82, 2.24) is 4.90 Å². The molecule has 0 radical (unpaired) electrons. The molecule has 2 rings (SSSR count). The van der Waals surface area contributed by atoms with E-state index in [1.807, 2.05) is 13.8 Å². The van der Waals surface area contributed by atoms with Gasteiger partial charge in [0.25, 0.3) is 0 Å². The van der Waals surface area contributed by atoms with Gasteiger partial charge in [-0.25, -0.2) is 4.39 Å². The number of rotatable bonds is 3. The SMILES string of the molecule is CC1(C)CN(Cc2ccc(Cl)cc2F)CC(CCl)O1. The summed E-state index contributed by atoms with van der Waals surface area (Å²) in [5.74, 6) is 0.183. The Morgan fingerprint density at radius 2 is 2.21 bits per heavy atom. The van der Waals surface area contributed by atoms with Crippen molar-refractivity contribution in [1.29, 1.82) is 0 Å². The van der Waals surface area contributed by atoms with E-state index < -0.39 is 0 Å². The van der Waals surface area contributed by atoms with Crippen LogP contribution in [0.1, 0.15) is 19.4 Å². The van der Waals surface area contributed by atoms with Gasteiger partial charge in [0.05, 0.1) is 11.7 Å². The van der Waals surface area contributed by atoms with E-state index in [1.54, 1.807) is 12.1 Å². The van der Waals surface area contributed by atoms with E-state index in [0.717, 1.165) is 13.1 Å². The van der Waals surface area contributed by atoms with Crippen molar-refractivity contribution in [3.63, 3.8) is 0 Å². The maximum Gasteiger partial charge on any atom is 0.129 e. The van der Waals surface area contributed by atoms with Crippen molar-refractivity contribution in [3.8, 4) is 0 Å². The van der Waals surface area contributed by atoms with Gasteiger partial charge in [-0.3, -0.25) is 4.90 Å². The quantitative estimate of drug-likeness (QED) is 0.790. The Morgan fingerprint density at radius 1 is 1.47 bits per heavy atom. The van der Waals surface area contributed by atoms with E-state index in [-0.39, 0.29) is 17.5 Å². The monoisotopic (exact) mass is 305 g/mol. The normalized spacial score (nSPS) is 23.5. The first-order chi connectivity index (χ1) is 8.89. The van der Waals surface area contributed by atoms with E-state index >= 15 is 0 Å². The first-order valence-electron chi connectivity index (χ1n) is 6.30. The molecule has 106 valence electrons. The van der Waals surface area contributed by atoms with E-state index in [2.05, 4.69) is 4.90 Å². The third kappa shape index (κ3) is 4.06. The van der Waals surface area contributed by atoms with Crippen molar-refractivity contribution in [2.75, 3.05) is 19.0 Å². The number of hydrogen-bond acceptors (Lipinski definition) is 2. The summed E-state index contributed by atoms with van der Waals surface area (Å²) < 4.78 is 19.7. The summed E-state index contributed by atoms with van der Waals surface area (Å²) >= 11 is 11.6. The lowest BCUT2D eigenvalue weighted by Gasteiger charge is -2.42. The number of alkyl halides is 1. The van der Waals surface area contributed by atoms with Crippen molar-refractivity contribution in [3.05, 3.63) is 34.6 Å². The highest BCUT2D eigenvalue weighted by Gasteiger charge is 2.33. The molecule has 1 atom stereocenters. The molecule has 1 aliphatic rings. The van der Waals surface area contributed by atoms with Gasteiger partial charge in [0, 0.05) is 36.1 Å². The molecule has 19 heavy (non-hydrogen) atoms. The highest BCUT2D eigenvalue weighted by Crippen LogP contribution is 2.24. The van der Waals surface area contributed by atoms with Gasteiger partial charge in [-0.15, -0.1) is 11.6 Å². The van der Waals surface area contributed by atoms with Gasteiger partial charge in [-0.05, 0) is 26.0 Å². The average molecular weight is 306 g/mol. The second-order valence-electron chi connectivity index (χ2n) is 5.56. The number of morpholine rings is 1. The van der Waals surface area contributed by atoms with Crippen LogP contribution in [-0.4, -0.2) is 35.6 Å². The Bertz CT molecular complexity index is 453. The molecule has 2 nitrogen and oxygen atoms in total. The summed E-state index contributed by atoms with van der Waals surface area (Å²) in [4.78, 5) is 2.17. The fourth-order valence-corrected chi connectivity index (χ4v) is 2.83. The van der Waals surface area contributed by atoms with Gasteiger partial charge in [0.15, 0.2) is 0 Å². The molecule has 0 amide bonds. The maximum atomic E-state index is 13.8. The Hall–Kier alpha value is -0.350. The summed E-state index contributed by atoms with van der Waals surface area (Å²) in [6.45, 7) is 6.06. The third-order valence-corrected chi connectivity index (χ3v) is 3.71. The zero-order chi connectivity index (χ0) is 14.0. The summed E-state index contributed by atoms with van der Waals surface area (Å²) in [6.07, 6.45) is -0.0132. The van der Waals surface area contributed by atoms with Crippen molar-refractivity contribution in [2.45, 2.75) is 32.1 Å². The van der Waals surface area contributed by atoms with Gasteiger partial charge in [-0.1, -0.05) is 17.7 Å². The number of halogens is 3. The fourth-order valence-electron chi connectivity index (χ4n) is 2.51. The zero-order valence-electron chi connectivity index (χ0n) is 11.1. The molecule has 1 unspecified atom stereocenters. The number of benzene rings is 1. The summed E-state index contributed by atoms with van der Waals surface area (Å²) in [5, 5.41) is 0.419. The predicted octanol–water partition coefficient (Wildman–Crippen LogP) is 3.70. The maximum absolute atomic E-state index is 13.8. The van der Waals surface area contributed by atoms with Gasteiger partial charge in [0.2, 0.25) is 0 Å². The lowest BCUT2D eigenvalue weighted by atomic mass is 10.0. The number of hydrogen-bond donors (Lipinski definition) is 0. The van der Waals surface area contributed by atoms with Gasteiger partial charge >= 0.3 is 0 Å². The minimum absolute atomic E-state index is 0.0132. The molecule has 0 N–H and O–H groups in total. The standard InChI is InChI=1S/C14H18Cl2FNO/c1-14(2)9-18(8-12(6-15)19-14)7-10-3-4-11(16)5-13(10)17/h3-5,12H,6-9H2,1-2H3. The predicted molar refractivity (Wildman–Crippen MR) is 76.4 cm³/mol. The minimum atomic E-state index is -0.265. The molecule has 5 heteroatoms. The van der Waals surface area contributed by atoms with Crippen LogP contribution in [0.25, 0.3) is 0 Å². The van der Waals surface area contributed by atoms with E-state index in [4.69, 9.17) is 27.9 Å². The van der Waals surface area contributed by atoms with Crippen LogP contribution in [0.2, 0.25) is 5.02 Å². The van der Waals surface area contributed by atoms with Crippen molar-refractivity contribution >= 4 is 23.2 Å². The highest BCUT2D eigenvalue weighted by atomic mass is 35.5. The molecular formula is C14H18Cl2FNO. The number of ether oxygens (including phenoxy) is 1. The van der Waals surface area contributed by atoms with Crippen LogP contribution in [0.4, 0.5) is 4.39 Å². The van der Waals surface area contributed by atoms with Crippen LogP contribution in [0.3, 0.4) is 0 Å². The molecular weight excluding hydrogens is 288 g/mol. The minimum Gasteiger partial charge on any atom is -0.368 e. The van der Waals surface area contributed by atoms with Gasteiger partial charge < -0.3 is 4.74 Å². The molecule has 1 aromatic carbocycles. The first kappa shape index (κ1) is 15.0. The van der Waals surface area contributed by atoms with Gasteiger partial charge in [0.1, 0.15) is 5.82 Å². The first-order valence-corrected chi connectivity index (χ1v) is 7.21. The van der Waals surface area contributed by atoms with Crippen LogP contribution in [0.5, 0.6) is 0 Å². The van der Waals surface area contributed by atoms with Crippen LogP contribution >= 0.6 is 23.2 Å². The van der Waals surface area contributed by atoms with Crippen LogP contribution in [0, 0.1) is 5.82 Å². The molecule has 0 spiro atoms. The summed E-state index contributed by atoms with van der Waals surface area (Å²) in [6, 6.07) is 4.79. The Labute approximate surface area is 123 Å². The smallest absolute Gasteiger partial charge is 0.129 e.